The molecule has 2 aliphatic rings. The van der Waals surface area contributed by atoms with Crippen LogP contribution in [-0.4, -0.2) is 48.7 Å². The molecule has 0 radical (unpaired) electrons. The van der Waals surface area contributed by atoms with Gasteiger partial charge in [-0.05, 0) is 65.3 Å². The fraction of sp³-hybridized carbons (Fsp3) is 0.938. The Balaban J connectivity index is 2.08. The Hall–Kier alpha value is -0.610. The molecule has 4 nitrogen and oxygen atoms in total. The van der Waals surface area contributed by atoms with E-state index in [-0.39, 0.29) is 23.2 Å². The monoisotopic (exact) mass is 282 g/mol. The highest BCUT2D eigenvalue weighted by Gasteiger charge is 2.49. The van der Waals surface area contributed by atoms with Crippen molar-refractivity contribution in [2.75, 3.05) is 20.6 Å². The van der Waals surface area contributed by atoms with Gasteiger partial charge in [0.2, 0.25) is 5.91 Å². The van der Waals surface area contributed by atoms with Crippen LogP contribution in [0.2, 0.25) is 0 Å². The van der Waals surface area contributed by atoms with E-state index in [0.717, 1.165) is 25.8 Å². The minimum absolute atomic E-state index is 0.0248. The molecular weight excluding hydrogens is 252 g/mol. The number of rotatable bonds is 2. The Labute approximate surface area is 123 Å². The van der Waals surface area contributed by atoms with Crippen LogP contribution in [0.3, 0.4) is 0 Å². The molecule has 1 N–H and O–H groups in total. The molecule has 116 valence electrons. The summed E-state index contributed by atoms with van der Waals surface area (Å²) in [6.45, 7) is 9.70. The summed E-state index contributed by atoms with van der Waals surface area (Å²) in [6, 6.07) is -0.0248. The lowest BCUT2D eigenvalue weighted by Gasteiger charge is -2.38. The van der Waals surface area contributed by atoms with Gasteiger partial charge in [0.25, 0.3) is 0 Å². The van der Waals surface area contributed by atoms with Crippen molar-refractivity contribution in [1.82, 2.24) is 10.2 Å². The third-order valence-corrected chi connectivity index (χ3v) is 4.90. The molecule has 0 aromatic rings. The van der Waals surface area contributed by atoms with Crippen LogP contribution >= 0.6 is 0 Å². The molecule has 0 aromatic carbocycles. The Kier molecular flexibility index (Phi) is 4.18. The predicted octanol–water partition coefficient (Wildman–Crippen LogP) is 2.04. The lowest BCUT2D eigenvalue weighted by atomic mass is 9.72. The number of carbonyl (C=O) groups is 1. The molecule has 0 aromatic heterocycles. The third kappa shape index (κ3) is 3.17. The fourth-order valence-corrected chi connectivity index (χ4v) is 4.15. The van der Waals surface area contributed by atoms with Crippen molar-refractivity contribution in [2.24, 2.45) is 11.8 Å². The number of amides is 1. The Bertz CT molecular complexity index is 377. The van der Waals surface area contributed by atoms with Crippen molar-refractivity contribution in [2.45, 2.75) is 64.2 Å². The summed E-state index contributed by atoms with van der Waals surface area (Å²) in [6.07, 6.45) is 3.17. The van der Waals surface area contributed by atoms with E-state index in [9.17, 15) is 4.79 Å². The number of ether oxygens (including phenoxy) is 1. The maximum Gasteiger partial charge on any atom is 0.239 e. The van der Waals surface area contributed by atoms with Crippen LogP contribution < -0.4 is 5.32 Å². The molecule has 3 unspecified atom stereocenters. The Morgan fingerprint density at radius 2 is 1.90 bits per heavy atom. The van der Waals surface area contributed by atoms with Gasteiger partial charge in [-0.15, -0.1) is 0 Å². The van der Waals surface area contributed by atoms with E-state index in [4.69, 9.17) is 4.74 Å². The molecule has 2 aliphatic heterocycles. The zero-order valence-corrected chi connectivity index (χ0v) is 13.8. The predicted molar refractivity (Wildman–Crippen MR) is 80.6 cm³/mol. The maximum atomic E-state index is 12.2. The molecule has 0 aliphatic carbocycles. The number of hydrogen-bond acceptors (Lipinski definition) is 3. The number of nitrogens with one attached hydrogen (secondary N) is 1. The SMILES string of the molecule is CN(C)C(=O)C1CC(C2CC(C)(C)OC2(C)C)CCN1. The van der Waals surface area contributed by atoms with Gasteiger partial charge in [-0.1, -0.05) is 0 Å². The van der Waals surface area contributed by atoms with Crippen LogP contribution in [0.1, 0.15) is 47.0 Å². The van der Waals surface area contributed by atoms with Gasteiger partial charge in [0.1, 0.15) is 0 Å². The highest BCUT2D eigenvalue weighted by molar-refractivity contribution is 5.81. The normalized spacial score (nSPS) is 35.8. The first kappa shape index (κ1) is 15.8. The van der Waals surface area contributed by atoms with E-state index >= 15 is 0 Å². The molecule has 0 bridgehead atoms. The second-order valence-corrected chi connectivity index (χ2v) is 7.80. The molecule has 3 atom stereocenters. The lowest BCUT2D eigenvalue weighted by molar-refractivity contribution is -0.132. The molecule has 2 heterocycles. The number of nitrogens with zero attached hydrogens (tertiary/aromatic N) is 1. The average Bonchev–Trinajstić information content (AvgIpc) is 2.56. The lowest BCUT2D eigenvalue weighted by Crippen LogP contribution is -2.50. The average molecular weight is 282 g/mol. The van der Waals surface area contributed by atoms with Crippen LogP contribution in [-0.2, 0) is 9.53 Å². The van der Waals surface area contributed by atoms with Gasteiger partial charge in [0.15, 0.2) is 0 Å². The van der Waals surface area contributed by atoms with Crippen LogP contribution in [0.5, 0.6) is 0 Å². The van der Waals surface area contributed by atoms with Gasteiger partial charge in [-0.2, -0.15) is 0 Å². The zero-order chi connectivity index (χ0) is 15.1. The smallest absolute Gasteiger partial charge is 0.239 e. The summed E-state index contributed by atoms with van der Waals surface area (Å²) in [5, 5.41) is 3.37. The van der Waals surface area contributed by atoms with Gasteiger partial charge in [-0.3, -0.25) is 4.79 Å². The van der Waals surface area contributed by atoms with Crippen LogP contribution in [0.15, 0.2) is 0 Å². The van der Waals surface area contributed by atoms with E-state index in [1.54, 1.807) is 4.90 Å². The van der Waals surface area contributed by atoms with E-state index in [0.29, 0.717) is 11.8 Å². The van der Waals surface area contributed by atoms with Crippen LogP contribution in [0.4, 0.5) is 0 Å². The molecular formula is C16H30N2O2. The van der Waals surface area contributed by atoms with Crippen molar-refractivity contribution in [1.29, 1.82) is 0 Å². The van der Waals surface area contributed by atoms with E-state index in [2.05, 4.69) is 33.0 Å². The van der Waals surface area contributed by atoms with Crippen molar-refractivity contribution < 1.29 is 9.53 Å². The molecule has 2 rings (SSSR count). The molecule has 2 fully saturated rings. The van der Waals surface area contributed by atoms with E-state index < -0.39 is 0 Å². The first-order valence-corrected chi connectivity index (χ1v) is 7.77. The Morgan fingerprint density at radius 1 is 1.25 bits per heavy atom. The number of likely N-dealkylation sites (N-methyl/N-ethyl adjacent to an activating group) is 1. The number of piperidine rings is 1. The topological polar surface area (TPSA) is 41.6 Å². The van der Waals surface area contributed by atoms with Gasteiger partial charge < -0.3 is 15.0 Å². The van der Waals surface area contributed by atoms with Crippen molar-refractivity contribution in [3.8, 4) is 0 Å². The van der Waals surface area contributed by atoms with Crippen molar-refractivity contribution in [3.05, 3.63) is 0 Å². The second-order valence-electron chi connectivity index (χ2n) is 7.80. The minimum atomic E-state index is -0.0861. The van der Waals surface area contributed by atoms with E-state index in [1.807, 2.05) is 14.1 Å². The first-order chi connectivity index (χ1) is 9.12. The molecule has 20 heavy (non-hydrogen) atoms. The fourth-order valence-electron chi connectivity index (χ4n) is 4.15. The molecule has 4 heteroatoms. The summed E-state index contributed by atoms with van der Waals surface area (Å²) in [5.74, 6) is 1.31. The molecule has 0 spiro atoms. The van der Waals surface area contributed by atoms with Crippen LogP contribution in [0, 0.1) is 11.8 Å². The molecule has 2 saturated heterocycles. The summed E-state index contributed by atoms with van der Waals surface area (Å²) < 4.78 is 6.23. The summed E-state index contributed by atoms with van der Waals surface area (Å²) in [5.41, 5.74) is -0.128. The highest BCUT2D eigenvalue weighted by Crippen LogP contribution is 2.48. The molecule has 0 saturated carbocycles. The summed E-state index contributed by atoms with van der Waals surface area (Å²) in [7, 11) is 3.67. The van der Waals surface area contributed by atoms with Crippen molar-refractivity contribution >= 4 is 5.91 Å². The van der Waals surface area contributed by atoms with E-state index in [1.165, 1.54) is 0 Å². The standard InChI is InChI=1S/C16H30N2O2/c1-15(2)10-12(16(3,4)20-15)11-7-8-17-13(9-11)14(19)18(5)6/h11-13,17H,7-10H2,1-6H3. The van der Waals surface area contributed by atoms with Gasteiger partial charge >= 0.3 is 0 Å². The molecule has 1 amide bonds. The zero-order valence-electron chi connectivity index (χ0n) is 13.8. The van der Waals surface area contributed by atoms with Gasteiger partial charge in [0, 0.05) is 14.1 Å². The first-order valence-electron chi connectivity index (χ1n) is 7.77. The summed E-state index contributed by atoms with van der Waals surface area (Å²) >= 11 is 0. The van der Waals surface area contributed by atoms with Crippen LogP contribution in [0.25, 0.3) is 0 Å². The van der Waals surface area contributed by atoms with Crippen molar-refractivity contribution in [3.63, 3.8) is 0 Å². The summed E-state index contributed by atoms with van der Waals surface area (Å²) in [4.78, 5) is 13.9. The highest BCUT2D eigenvalue weighted by atomic mass is 16.5. The number of hydrogen-bond donors (Lipinski definition) is 1. The number of carbonyl (C=O) groups excluding carboxylic acids is 1. The maximum absolute atomic E-state index is 12.2. The quantitative estimate of drug-likeness (QED) is 0.842. The van der Waals surface area contributed by atoms with Gasteiger partial charge in [0.05, 0.1) is 17.2 Å². The Morgan fingerprint density at radius 3 is 2.40 bits per heavy atom. The third-order valence-electron chi connectivity index (χ3n) is 4.90. The second kappa shape index (κ2) is 5.30. The largest absolute Gasteiger partial charge is 0.369 e. The van der Waals surface area contributed by atoms with Gasteiger partial charge in [-0.25, -0.2) is 0 Å². The minimum Gasteiger partial charge on any atom is -0.369 e.